The van der Waals surface area contributed by atoms with Crippen LogP contribution in [0.3, 0.4) is 0 Å². The molecule has 0 aliphatic rings. The minimum absolute atomic E-state index is 0.469. The van der Waals surface area contributed by atoms with E-state index in [1.165, 1.54) is 0 Å². The summed E-state index contributed by atoms with van der Waals surface area (Å²) in [5, 5.41) is 15.5. The molecule has 1 aromatic carbocycles. The molecule has 0 saturated carbocycles. The molecule has 0 spiro atoms. The van der Waals surface area contributed by atoms with Crippen molar-refractivity contribution in [1.29, 1.82) is 0 Å². The van der Waals surface area contributed by atoms with E-state index in [0.29, 0.717) is 34.6 Å². The SMILES string of the molecule is CCCNCc1nnnn1-c1cc(Cl)c(OC)cc1OC. The van der Waals surface area contributed by atoms with Crippen molar-refractivity contribution in [3.63, 3.8) is 0 Å². The molecule has 2 rings (SSSR count). The van der Waals surface area contributed by atoms with E-state index in [9.17, 15) is 0 Å². The zero-order valence-corrected chi connectivity index (χ0v) is 13.0. The first-order valence-electron chi connectivity index (χ1n) is 6.61. The third-order valence-corrected chi connectivity index (χ3v) is 3.22. The molecule has 0 aliphatic carbocycles. The van der Waals surface area contributed by atoms with Crippen LogP contribution >= 0.6 is 11.6 Å². The van der Waals surface area contributed by atoms with Crippen LogP contribution in [-0.2, 0) is 6.54 Å². The van der Waals surface area contributed by atoms with Crippen LogP contribution in [0.4, 0.5) is 0 Å². The largest absolute Gasteiger partial charge is 0.495 e. The second-order valence-corrected chi connectivity index (χ2v) is 4.75. The fourth-order valence-electron chi connectivity index (χ4n) is 1.89. The Labute approximate surface area is 128 Å². The first-order valence-corrected chi connectivity index (χ1v) is 6.98. The monoisotopic (exact) mass is 311 g/mol. The van der Waals surface area contributed by atoms with Crippen molar-refractivity contribution in [2.75, 3.05) is 20.8 Å². The molecule has 1 aromatic heterocycles. The number of tetrazole rings is 1. The number of aromatic nitrogens is 4. The number of benzene rings is 1. The zero-order chi connectivity index (χ0) is 15.2. The minimum atomic E-state index is 0.469. The number of hydrogen-bond donors (Lipinski definition) is 1. The molecule has 0 saturated heterocycles. The molecule has 21 heavy (non-hydrogen) atoms. The van der Waals surface area contributed by atoms with Crippen LogP contribution in [0.1, 0.15) is 19.2 Å². The lowest BCUT2D eigenvalue weighted by molar-refractivity contribution is 0.392. The van der Waals surface area contributed by atoms with Gasteiger partial charge in [-0.3, -0.25) is 0 Å². The van der Waals surface area contributed by atoms with Crippen molar-refractivity contribution in [3.8, 4) is 17.2 Å². The second kappa shape index (κ2) is 7.24. The van der Waals surface area contributed by atoms with Gasteiger partial charge in [0.2, 0.25) is 0 Å². The molecule has 1 heterocycles. The maximum atomic E-state index is 6.18. The Hall–Kier alpha value is -1.86. The van der Waals surface area contributed by atoms with Gasteiger partial charge < -0.3 is 14.8 Å². The Kier molecular flexibility index (Phi) is 5.35. The van der Waals surface area contributed by atoms with Gasteiger partial charge in [0.1, 0.15) is 17.2 Å². The number of halogens is 1. The summed E-state index contributed by atoms with van der Waals surface area (Å²) in [7, 11) is 3.13. The molecule has 0 fully saturated rings. The molecule has 0 aliphatic heterocycles. The summed E-state index contributed by atoms with van der Waals surface area (Å²) in [6, 6.07) is 3.43. The van der Waals surface area contributed by atoms with Crippen molar-refractivity contribution in [1.82, 2.24) is 25.5 Å². The van der Waals surface area contributed by atoms with Gasteiger partial charge in [0, 0.05) is 6.07 Å². The molecule has 1 N–H and O–H groups in total. The van der Waals surface area contributed by atoms with Gasteiger partial charge >= 0.3 is 0 Å². The van der Waals surface area contributed by atoms with Gasteiger partial charge in [0.15, 0.2) is 5.82 Å². The first kappa shape index (κ1) is 15.5. The highest BCUT2D eigenvalue weighted by atomic mass is 35.5. The van der Waals surface area contributed by atoms with E-state index < -0.39 is 0 Å². The number of methoxy groups -OCH3 is 2. The lowest BCUT2D eigenvalue weighted by atomic mass is 10.2. The fourth-order valence-corrected chi connectivity index (χ4v) is 2.12. The van der Waals surface area contributed by atoms with Crippen LogP contribution in [0.15, 0.2) is 12.1 Å². The summed E-state index contributed by atoms with van der Waals surface area (Å²) < 4.78 is 12.2. The average molecular weight is 312 g/mol. The first-order chi connectivity index (χ1) is 10.2. The molecule has 114 valence electrons. The van der Waals surface area contributed by atoms with Crippen molar-refractivity contribution >= 4 is 11.6 Å². The standard InChI is InChI=1S/C13H18ClN5O2/c1-4-5-15-8-13-16-17-18-19(13)10-6-9(14)11(20-2)7-12(10)21-3/h6-7,15H,4-5,8H2,1-3H3. The van der Waals surface area contributed by atoms with Gasteiger partial charge in [0.25, 0.3) is 0 Å². The van der Waals surface area contributed by atoms with Gasteiger partial charge in [-0.25, -0.2) is 0 Å². The van der Waals surface area contributed by atoms with Crippen LogP contribution in [0, 0.1) is 0 Å². The van der Waals surface area contributed by atoms with Crippen LogP contribution < -0.4 is 14.8 Å². The number of rotatable bonds is 7. The molecular weight excluding hydrogens is 294 g/mol. The Bertz CT molecular complexity index is 602. The molecule has 7 nitrogen and oxygen atoms in total. The van der Waals surface area contributed by atoms with Crippen molar-refractivity contribution in [2.45, 2.75) is 19.9 Å². The van der Waals surface area contributed by atoms with Gasteiger partial charge in [-0.15, -0.1) is 5.10 Å². The van der Waals surface area contributed by atoms with Crippen molar-refractivity contribution in [3.05, 3.63) is 23.0 Å². The molecule has 2 aromatic rings. The fraction of sp³-hybridized carbons (Fsp3) is 0.462. The Morgan fingerprint density at radius 2 is 2.00 bits per heavy atom. The summed E-state index contributed by atoms with van der Waals surface area (Å²) in [5.74, 6) is 1.80. The predicted octanol–water partition coefficient (Wildman–Crippen LogP) is 1.83. The van der Waals surface area contributed by atoms with E-state index in [1.807, 2.05) is 0 Å². The van der Waals surface area contributed by atoms with Crippen LogP contribution in [0.5, 0.6) is 11.5 Å². The Morgan fingerprint density at radius 3 is 2.67 bits per heavy atom. The zero-order valence-electron chi connectivity index (χ0n) is 12.3. The van der Waals surface area contributed by atoms with Crippen LogP contribution in [0.2, 0.25) is 5.02 Å². The Morgan fingerprint density at radius 1 is 1.24 bits per heavy atom. The number of hydrogen-bond acceptors (Lipinski definition) is 6. The van der Waals surface area contributed by atoms with Gasteiger partial charge in [-0.05, 0) is 29.5 Å². The molecule has 8 heteroatoms. The van der Waals surface area contributed by atoms with Gasteiger partial charge in [0.05, 0.1) is 25.8 Å². The summed E-state index contributed by atoms with van der Waals surface area (Å²) in [5.41, 5.74) is 0.668. The van der Waals surface area contributed by atoms with E-state index in [0.717, 1.165) is 13.0 Å². The highest BCUT2D eigenvalue weighted by Gasteiger charge is 2.16. The molecule has 0 unspecified atom stereocenters. The average Bonchev–Trinajstić information content (AvgIpc) is 2.95. The summed E-state index contributed by atoms with van der Waals surface area (Å²) in [4.78, 5) is 0. The molecular formula is C13H18ClN5O2. The van der Waals surface area contributed by atoms with E-state index in [-0.39, 0.29) is 0 Å². The Balaban J connectivity index is 2.37. The number of nitrogens with zero attached hydrogens (tertiary/aromatic N) is 4. The summed E-state index contributed by atoms with van der Waals surface area (Å²) in [6.45, 7) is 3.56. The number of ether oxygens (including phenoxy) is 2. The van der Waals surface area contributed by atoms with Gasteiger partial charge in [-0.1, -0.05) is 18.5 Å². The molecule has 0 radical (unpaired) electrons. The van der Waals surface area contributed by atoms with E-state index >= 15 is 0 Å². The van der Waals surface area contributed by atoms with E-state index in [2.05, 4.69) is 27.8 Å². The quantitative estimate of drug-likeness (QED) is 0.786. The highest BCUT2D eigenvalue weighted by molar-refractivity contribution is 6.32. The normalized spacial score (nSPS) is 10.7. The molecule has 0 amide bonds. The lowest BCUT2D eigenvalue weighted by Crippen LogP contribution is -2.18. The van der Waals surface area contributed by atoms with E-state index in [1.54, 1.807) is 31.0 Å². The maximum absolute atomic E-state index is 6.18. The van der Waals surface area contributed by atoms with Crippen LogP contribution in [0.25, 0.3) is 5.69 Å². The number of nitrogens with one attached hydrogen (secondary N) is 1. The van der Waals surface area contributed by atoms with Crippen molar-refractivity contribution in [2.24, 2.45) is 0 Å². The predicted molar refractivity (Wildman–Crippen MR) is 79.3 cm³/mol. The smallest absolute Gasteiger partial charge is 0.170 e. The topological polar surface area (TPSA) is 74.1 Å². The highest BCUT2D eigenvalue weighted by Crippen LogP contribution is 2.34. The van der Waals surface area contributed by atoms with E-state index in [4.69, 9.17) is 21.1 Å². The van der Waals surface area contributed by atoms with Gasteiger partial charge in [-0.2, -0.15) is 4.68 Å². The summed E-state index contributed by atoms with van der Waals surface area (Å²) >= 11 is 6.18. The molecule has 0 bridgehead atoms. The third-order valence-electron chi connectivity index (χ3n) is 2.93. The minimum Gasteiger partial charge on any atom is -0.495 e. The maximum Gasteiger partial charge on any atom is 0.170 e. The summed E-state index contributed by atoms with van der Waals surface area (Å²) in [6.07, 6.45) is 1.04. The van der Waals surface area contributed by atoms with Crippen LogP contribution in [-0.4, -0.2) is 41.0 Å². The lowest BCUT2D eigenvalue weighted by Gasteiger charge is -2.12. The third kappa shape index (κ3) is 3.43. The second-order valence-electron chi connectivity index (χ2n) is 4.34. The molecule has 0 atom stereocenters. The van der Waals surface area contributed by atoms with Crippen molar-refractivity contribution < 1.29 is 9.47 Å².